The van der Waals surface area contributed by atoms with Crippen molar-refractivity contribution in [1.82, 2.24) is 24.8 Å². The van der Waals surface area contributed by atoms with Crippen LogP contribution in [0.3, 0.4) is 0 Å². The number of likely N-dealkylation sites (tertiary alicyclic amines) is 1. The Labute approximate surface area is 203 Å². The maximum absolute atomic E-state index is 13.0. The first kappa shape index (κ1) is 22.7. The lowest BCUT2D eigenvalue weighted by Gasteiger charge is -2.20. The minimum atomic E-state index is -0.301. The van der Waals surface area contributed by atoms with E-state index in [4.69, 9.17) is 0 Å². The molecule has 0 aromatic carbocycles. The monoisotopic (exact) mass is 469 g/mol. The van der Waals surface area contributed by atoms with Gasteiger partial charge in [-0.1, -0.05) is 0 Å². The van der Waals surface area contributed by atoms with E-state index in [-0.39, 0.29) is 11.8 Å². The summed E-state index contributed by atoms with van der Waals surface area (Å²) in [7, 11) is 0. The van der Waals surface area contributed by atoms with Crippen molar-refractivity contribution in [3.05, 3.63) is 66.4 Å². The summed E-state index contributed by atoms with van der Waals surface area (Å²) < 4.78 is 0. The van der Waals surface area contributed by atoms with E-state index < -0.39 is 0 Å². The second-order valence-corrected chi connectivity index (χ2v) is 8.90. The van der Waals surface area contributed by atoms with E-state index in [0.29, 0.717) is 40.9 Å². The molecule has 1 aliphatic rings. The summed E-state index contributed by atoms with van der Waals surface area (Å²) in [4.78, 5) is 43.7. The number of hydrogen-bond acceptors (Lipinski definition) is 6. The number of nitrogens with one attached hydrogen (secondary N) is 3. The number of rotatable bonds is 6. The molecule has 0 bridgehead atoms. The number of pyridine rings is 3. The lowest BCUT2D eigenvalue weighted by Crippen LogP contribution is -2.35. The topological polar surface area (TPSA) is 116 Å². The van der Waals surface area contributed by atoms with Crippen molar-refractivity contribution in [2.75, 3.05) is 23.7 Å². The fourth-order valence-electron chi connectivity index (χ4n) is 4.36. The molecule has 4 aromatic rings. The van der Waals surface area contributed by atoms with Crippen molar-refractivity contribution < 1.29 is 9.59 Å². The van der Waals surface area contributed by atoms with Gasteiger partial charge in [0, 0.05) is 41.3 Å². The number of anilines is 2. The lowest BCUT2D eigenvalue weighted by molar-refractivity contribution is -0.117. The maximum Gasteiger partial charge on any atom is 0.257 e. The molecule has 0 aliphatic carbocycles. The molecule has 178 valence electrons. The van der Waals surface area contributed by atoms with Gasteiger partial charge in [0.05, 0.1) is 35.4 Å². The van der Waals surface area contributed by atoms with Crippen LogP contribution in [0.15, 0.2) is 55.1 Å². The third-order valence-corrected chi connectivity index (χ3v) is 6.38. The van der Waals surface area contributed by atoms with E-state index in [1.807, 2.05) is 25.1 Å². The van der Waals surface area contributed by atoms with Crippen LogP contribution in [0, 0.1) is 6.92 Å². The first-order valence-corrected chi connectivity index (χ1v) is 11.7. The molecule has 4 aromatic heterocycles. The SMILES string of the molecule is Cc1ncc(NC(=O)CN2CCC[C@@H]2C)cc1NC(=O)c1cnc2[nH]c(-c3ccncc3)cc2c1. The van der Waals surface area contributed by atoms with Crippen LogP contribution in [0.1, 0.15) is 35.8 Å². The van der Waals surface area contributed by atoms with Crippen LogP contribution in [0.5, 0.6) is 0 Å². The predicted molar refractivity (Wildman–Crippen MR) is 135 cm³/mol. The molecule has 0 spiro atoms. The van der Waals surface area contributed by atoms with Gasteiger partial charge in [0.1, 0.15) is 5.65 Å². The Hall–Kier alpha value is -4.11. The van der Waals surface area contributed by atoms with Crippen LogP contribution in [0.2, 0.25) is 0 Å². The van der Waals surface area contributed by atoms with Crippen molar-refractivity contribution in [2.45, 2.75) is 32.7 Å². The summed E-state index contributed by atoms with van der Waals surface area (Å²) in [5, 5.41) is 6.63. The number of aryl methyl sites for hydroxylation is 1. The van der Waals surface area contributed by atoms with Crippen molar-refractivity contribution >= 4 is 34.2 Å². The Morgan fingerprint density at radius 3 is 2.71 bits per heavy atom. The molecular weight excluding hydrogens is 442 g/mol. The number of H-pyrrole nitrogens is 1. The van der Waals surface area contributed by atoms with Crippen molar-refractivity contribution in [1.29, 1.82) is 0 Å². The summed E-state index contributed by atoms with van der Waals surface area (Å²) in [6.07, 6.45) is 8.83. The van der Waals surface area contributed by atoms with E-state index in [1.165, 1.54) is 6.20 Å². The molecule has 2 amide bonds. The van der Waals surface area contributed by atoms with Gasteiger partial charge in [0.25, 0.3) is 5.91 Å². The number of aromatic nitrogens is 4. The zero-order valence-corrected chi connectivity index (χ0v) is 19.7. The molecule has 1 aliphatic heterocycles. The highest BCUT2D eigenvalue weighted by Gasteiger charge is 2.22. The van der Waals surface area contributed by atoms with Crippen molar-refractivity contribution in [2.24, 2.45) is 0 Å². The highest BCUT2D eigenvalue weighted by molar-refractivity contribution is 6.06. The molecule has 1 fully saturated rings. The van der Waals surface area contributed by atoms with E-state index in [0.717, 1.165) is 36.0 Å². The summed E-state index contributed by atoms with van der Waals surface area (Å²) >= 11 is 0. The van der Waals surface area contributed by atoms with Crippen LogP contribution in [-0.4, -0.2) is 55.8 Å². The van der Waals surface area contributed by atoms with Crippen LogP contribution in [-0.2, 0) is 4.79 Å². The Balaban J connectivity index is 1.29. The van der Waals surface area contributed by atoms with E-state index in [1.54, 1.807) is 30.7 Å². The van der Waals surface area contributed by atoms with Gasteiger partial charge in [0.15, 0.2) is 0 Å². The molecular formula is C26H27N7O2. The largest absolute Gasteiger partial charge is 0.339 e. The van der Waals surface area contributed by atoms with Gasteiger partial charge in [0.2, 0.25) is 5.91 Å². The first-order valence-electron chi connectivity index (χ1n) is 11.7. The Bertz CT molecular complexity index is 1380. The normalized spacial score (nSPS) is 15.9. The zero-order valence-electron chi connectivity index (χ0n) is 19.7. The molecule has 1 atom stereocenters. The third kappa shape index (κ3) is 5.04. The van der Waals surface area contributed by atoms with Gasteiger partial charge >= 0.3 is 0 Å². The molecule has 3 N–H and O–H groups in total. The average molecular weight is 470 g/mol. The van der Waals surface area contributed by atoms with E-state index >= 15 is 0 Å². The van der Waals surface area contributed by atoms with Gasteiger partial charge in [-0.25, -0.2) is 4.98 Å². The maximum atomic E-state index is 13.0. The average Bonchev–Trinajstić information content (AvgIpc) is 3.47. The van der Waals surface area contributed by atoms with Crippen LogP contribution >= 0.6 is 0 Å². The van der Waals surface area contributed by atoms with Crippen LogP contribution < -0.4 is 10.6 Å². The summed E-state index contributed by atoms with van der Waals surface area (Å²) in [5.74, 6) is -0.390. The second kappa shape index (κ2) is 9.63. The number of aromatic amines is 1. The Morgan fingerprint density at radius 2 is 1.94 bits per heavy atom. The molecule has 5 rings (SSSR count). The molecule has 9 nitrogen and oxygen atoms in total. The number of nitrogens with zero attached hydrogens (tertiary/aromatic N) is 4. The molecule has 9 heteroatoms. The van der Waals surface area contributed by atoms with Gasteiger partial charge in [-0.15, -0.1) is 0 Å². The fourth-order valence-corrected chi connectivity index (χ4v) is 4.36. The molecule has 5 heterocycles. The quantitative estimate of drug-likeness (QED) is 0.393. The molecule has 35 heavy (non-hydrogen) atoms. The number of carbonyl (C=O) groups is 2. The smallest absolute Gasteiger partial charge is 0.257 e. The van der Waals surface area contributed by atoms with Gasteiger partial charge in [-0.2, -0.15) is 0 Å². The van der Waals surface area contributed by atoms with Crippen LogP contribution in [0.4, 0.5) is 11.4 Å². The van der Waals surface area contributed by atoms with Crippen molar-refractivity contribution in [3.63, 3.8) is 0 Å². The van der Waals surface area contributed by atoms with E-state index in [2.05, 4.69) is 42.4 Å². The standard InChI is InChI=1S/C26H27N7O2/c1-16-4-3-9-33(16)15-24(34)30-21-12-22(17(2)28-14-21)32-26(35)20-10-19-11-23(31-25(19)29-13-20)18-5-7-27-8-6-18/h5-8,10-14,16H,3-4,9,15H2,1-2H3,(H,29,31)(H,30,34)(H,32,35)/t16-/m0/s1. The summed E-state index contributed by atoms with van der Waals surface area (Å²) in [5.41, 5.74) is 4.75. The number of hydrogen-bond donors (Lipinski definition) is 3. The zero-order chi connectivity index (χ0) is 24.4. The summed E-state index contributed by atoms with van der Waals surface area (Å²) in [6.45, 7) is 5.23. The van der Waals surface area contributed by atoms with Gasteiger partial charge < -0.3 is 15.6 Å². The summed E-state index contributed by atoms with van der Waals surface area (Å²) in [6, 6.07) is 9.72. The number of amides is 2. The van der Waals surface area contributed by atoms with Crippen LogP contribution in [0.25, 0.3) is 22.3 Å². The number of fused-ring (bicyclic) bond motifs is 1. The highest BCUT2D eigenvalue weighted by Crippen LogP contribution is 2.24. The third-order valence-electron chi connectivity index (χ3n) is 6.38. The minimum Gasteiger partial charge on any atom is -0.339 e. The van der Waals surface area contributed by atoms with Gasteiger partial charge in [-0.05, 0) is 63.6 Å². The Kier molecular flexibility index (Phi) is 6.24. The van der Waals surface area contributed by atoms with Crippen molar-refractivity contribution in [3.8, 4) is 11.3 Å². The fraction of sp³-hybridized carbons (Fsp3) is 0.269. The Morgan fingerprint density at radius 1 is 1.11 bits per heavy atom. The van der Waals surface area contributed by atoms with E-state index in [9.17, 15) is 9.59 Å². The first-order chi connectivity index (χ1) is 17.0. The molecule has 0 saturated carbocycles. The lowest BCUT2D eigenvalue weighted by atomic mass is 10.1. The number of carbonyl (C=O) groups excluding carboxylic acids is 2. The highest BCUT2D eigenvalue weighted by atomic mass is 16.2. The minimum absolute atomic E-state index is 0.0891. The molecule has 1 saturated heterocycles. The predicted octanol–water partition coefficient (Wildman–Crippen LogP) is 4.00. The van der Waals surface area contributed by atoms with Gasteiger partial charge in [-0.3, -0.25) is 24.5 Å². The molecule has 0 radical (unpaired) electrons. The molecule has 0 unspecified atom stereocenters. The second-order valence-electron chi connectivity index (χ2n) is 8.90.